The van der Waals surface area contributed by atoms with Crippen molar-refractivity contribution in [3.05, 3.63) is 59.7 Å². The molecule has 0 bridgehead atoms. The van der Waals surface area contributed by atoms with E-state index in [9.17, 15) is 13.6 Å². The topological polar surface area (TPSA) is 52.3 Å². The fourth-order valence-corrected chi connectivity index (χ4v) is 2.18. The molecule has 0 saturated carbocycles. The Morgan fingerprint density at radius 2 is 1.95 bits per heavy atom. The molecule has 2 aromatic rings. The molecule has 22 heavy (non-hydrogen) atoms. The van der Waals surface area contributed by atoms with E-state index < -0.39 is 23.6 Å². The fraction of sp³-hybridized carbons (Fsp3) is 0.235. The van der Waals surface area contributed by atoms with Gasteiger partial charge in [0.2, 0.25) is 0 Å². The van der Waals surface area contributed by atoms with Gasteiger partial charge in [-0.15, -0.1) is 0 Å². The van der Waals surface area contributed by atoms with Crippen LogP contribution in [0, 0.1) is 11.6 Å². The maximum absolute atomic E-state index is 13.9. The first kappa shape index (κ1) is 16.1. The van der Waals surface area contributed by atoms with Gasteiger partial charge >= 0.3 is 5.97 Å². The van der Waals surface area contributed by atoms with Gasteiger partial charge in [-0.1, -0.05) is 30.3 Å². The summed E-state index contributed by atoms with van der Waals surface area (Å²) in [5.74, 6) is -2.20. The van der Waals surface area contributed by atoms with E-state index in [4.69, 9.17) is 10.5 Å². The largest absolute Gasteiger partial charge is 0.466 e. The van der Waals surface area contributed by atoms with Gasteiger partial charge in [-0.25, -0.2) is 8.78 Å². The molecular weight excluding hydrogens is 288 g/mol. The van der Waals surface area contributed by atoms with E-state index in [1.165, 1.54) is 12.1 Å². The second kappa shape index (κ2) is 7.13. The minimum Gasteiger partial charge on any atom is -0.466 e. The Kier molecular flexibility index (Phi) is 5.22. The standard InChI is InChI=1S/C17H17F2NO2/c1-2-22-16(21)10-15(20)12-6-3-5-11(9-12)13-7-4-8-14(18)17(13)19/h3-9,15H,2,10,20H2,1H3/t15-/m0/s1. The van der Waals surface area contributed by atoms with Crippen LogP contribution >= 0.6 is 0 Å². The first-order chi connectivity index (χ1) is 10.5. The fourth-order valence-electron chi connectivity index (χ4n) is 2.18. The third kappa shape index (κ3) is 3.68. The highest BCUT2D eigenvalue weighted by Gasteiger charge is 2.15. The second-order valence-corrected chi connectivity index (χ2v) is 4.84. The van der Waals surface area contributed by atoms with E-state index in [1.807, 2.05) is 0 Å². The zero-order chi connectivity index (χ0) is 16.1. The summed E-state index contributed by atoms with van der Waals surface area (Å²) < 4.78 is 32.0. The van der Waals surface area contributed by atoms with Gasteiger partial charge < -0.3 is 10.5 Å². The molecule has 0 heterocycles. The Morgan fingerprint density at radius 3 is 2.68 bits per heavy atom. The van der Waals surface area contributed by atoms with Crippen LogP contribution in [0.3, 0.4) is 0 Å². The Labute approximate surface area is 127 Å². The summed E-state index contributed by atoms with van der Waals surface area (Å²) in [5, 5.41) is 0. The number of hydrogen-bond acceptors (Lipinski definition) is 3. The molecule has 2 N–H and O–H groups in total. The third-order valence-electron chi connectivity index (χ3n) is 3.27. The molecule has 0 saturated heterocycles. The van der Waals surface area contributed by atoms with Crippen molar-refractivity contribution in [2.45, 2.75) is 19.4 Å². The molecule has 116 valence electrons. The van der Waals surface area contributed by atoms with Crippen LogP contribution < -0.4 is 5.73 Å². The van der Waals surface area contributed by atoms with Crippen molar-refractivity contribution in [1.29, 1.82) is 0 Å². The molecule has 0 aliphatic carbocycles. The Balaban J connectivity index is 2.26. The first-order valence-corrected chi connectivity index (χ1v) is 6.98. The highest BCUT2D eigenvalue weighted by Crippen LogP contribution is 2.27. The van der Waals surface area contributed by atoms with Crippen molar-refractivity contribution in [1.82, 2.24) is 0 Å². The Hall–Kier alpha value is -2.27. The number of carbonyl (C=O) groups excluding carboxylic acids is 1. The van der Waals surface area contributed by atoms with Gasteiger partial charge in [0.1, 0.15) is 0 Å². The van der Waals surface area contributed by atoms with Crippen molar-refractivity contribution in [3.63, 3.8) is 0 Å². The van der Waals surface area contributed by atoms with E-state index in [0.29, 0.717) is 17.7 Å². The van der Waals surface area contributed by atoms with E-state index in [-0.39, 0.29) is 12.0 Å². The molecule has 0 fully saturated rings. The second-order valence-electron chi connectivity index (χ2n) is 4.84. The molecule has 0 aromatic heterocycles. The van der Waals surface area contributed by atoms with Crippen LogP contribution in [0.1, 0.15) is 24.9 Å². The molecule has 0 aliphatic heterocycles. The number of halogens is 2. The van der Waals surface area contributed by atoms with E-state index in [2.05, 4.69) is 0 Å². The van der Waals surface area contributed by atoms with Gasteiger partial charge in [-0.3, -0.25) is 4.79 Å². The zero-order valence-corrected chi connectivity index (χ0v) is 12.2. The monoisotopic (exact) mass is 305 g/mol. The van der Waals surface area contributed by atoms with E-state index >= 15 is 0 Å². The van der Waals surface area contributed by atoms with E-state index in [1.54, 1.807) is 31.2 Å². The molecule has 0 unspecified atom stereocenters. The lowest BCUT2D eigenvalue weighted by molar-refractivity contribution is -0.143. The van der Waals surface area contributed by atoms with Crippen molar-refractivity contribution < 1.29 is 18.3 Å². The smallest absolute Gasteiger partial charge is 0.307 e. The molecular formula is C17H17F2NO2. The van der Waals surface area contributed by atoms with E-state index in [0.717, 1.165) is 6.07 Å². The molecule has 2 aromatic carbocycles. The summed E-state index contributed by atoms with van der Waals surface area (Å²) in [6.07, 6.45) is 0.0307. The van der Waals surface area contributed by atoms with Crippen LogP contribution in [0.2, 0.25) is 0 Å². The normalized spacial score (nSPS) is 12.0. The van der Waals surface area contributed by atoms with Crippen molar-refractivity contribution in [2.24, 2.45) is 5.73 Å². The highest BCUT2D eigenvalue weighted by molar-refractivity contribution is 5.71. The lowest BCUT2D eigenvalue weighted by atomic mass is 9.98. The van der Waals surface area contributed by atoms with Gasteiger partial charge in [0.15, 0.2) is 11.6 Å². The summed E-state index contributed by atoms with van der Waals surface area (Å²) in [5.41, 5.74) is 7.30. The van der Waals surface area contributed by atoms with Crippen LogP contribution in [0.5, 0.6) is 0 Å². The number of carbonyl (C=O) groups is 1. The predicted molar refractivity (Wildman–Crippen MR) is 80.0 cm³/mol. The molecule has 0 amide bonds. The Bertz CT molecular complexity index is 673. The van der Waals surface area contributed by atoms with Crippen molar-refractivity contribution in [3.8, 4) is 11.1 Å². The Morgan fingerprint density at radius 1 is 1.23 bits per heavy atom. The van der Waals surface area contributed by atoms with Crippen LogP contribution in [0.15, 0.2) is 42.5 Å². The van der Waals surface area contributed by atoms with Gasteiger partial charge in [0.05, 0.1) is 13.0 Å². The van der Waals surface area contributed by atoms with Crippen LogP contribution in [-0.2, 0) is 9.53 Å². The summed E-state index contributed by atoms with van der Waals surface area (Å²) in [4.78, 5) is 11.5. The predicted octanol–water partition coefficient (Wildman–Crippen LogP) is 3.58. The number of esters is 1. The third-order valence-corrected chi connectivity index (χ3v) is 3.27. The molecule has 2 rings (SSSR count). The van der Waals surface area contributed by atoms with Crippen LogP contribution in [0.4, 0.5) is 8.78 Å². The highest BCUT2D eigenvalue weighted by atomic mass is 19.2. The number of hydrogen-bond donors (Lipinski definition) is 1. The molecule has 0 aliphatic rings. The number of nitrogens with two attached hydrogens (primary N) is 1. The van der Waals surface area contributed by atoms with Gasteiger partial charge in [-0.2, -0.15) is 0 Å². The minimum absolute atomic E-state index is 0.0307. The molecule has 3 nitrogen and oxygen atoms in total. The molecule has 0 spiro atoms. The van der Waals surface area contributed by atoms with Crippen molar-refractivity contribution in [2.75, 3.05) is 6.61 Å². The lowest BCUT2D eigenvalue weighted by Crippen LogP contribution is -2.17. The summed E-state index contributed by atoms with van der Waals surface area (Å²) in [6, 6.07) is 10.2. The van der Waals surface area contributed by atoms with Crippen LogP contribution in [-0.4, -0.2) is 12.6 Å². The average Bonchev–Trinajstić information content (AvgIpc) is 2.50. The van der Waals surface area contributed by atoms with Gasteiger partial charge in [-0.05, 0) is 30.2 Å². The maximum Gasteiger partial charge on any atom is 0.307 e. The quantitative estimate of drug-likeness (QED) is 0.859. The molecule has 1 atom stereocenters. The van der Waals surface area contributed by atoms with Crippen LogP contribution in [0.25, 0.3) is 11.1 Å². The molecule has 5 heteroatoms. The summed E-state index contributed by atoms with van der Waals surface area (Å²) in [7, 11) is 0. The number of benzene rings is 2. The average molecular weight is 305 g/mol. The first-order valence-electron chi connectivity index (χ1n) is 6.98. The SMILES string of the molecule is CCOC(=O)C[C@H](N)c1cccc(-c2cccc(F)c2F)c1. The number of rotatable bonds is 5. The summed E-state index contributed by atoms with van der Waals surface area (Å²) >= 11 is 0. The molecule has 0 radical (unpaired) electrons. The van der Waals surface area contributed by atoms with Crippen molar-refractivity contribution >= 4 is 5.97 Å². The zero-order valence-electron chi connectivity index (χ0n) is 12.2. The van der Waals surface area contributed by atoms with Gasteiger partial charge in [0, 0.05) is 11.6 Å². The lowest BCUT2D eigenvalue weighted by Gasteiger charge is -2.13. The summed E-state index contributed by atoms with van der Waals surface area (Å²) in [6.45, 7) is 2.01. The van der Waals surface area contributed by atoms with Gasteiger partial charge in [0.25, 0.3) is 0 Å². The maximum atomic E-state index is 13.9. The minimum atomic E-state index is -0.904. The number of ether oxygens (including phenoxy) is 1.